The summed E-state index contributed by atoms with van der Waals surface area (Å²) in [5.41, 5.74) is 5.78. The maximum absolute atomic E-state index is 12.5. The van der Waals surface area contributed by atoms with E-state index in [-0.39, 0.29) is 17.6 Å². The smallest absolute Gasteiger partial charge is 0.343 e. The van der Waals surface area contributed by atoms with E-state index in [0.717, 1.165) is 22.9 Å². The summed E-state index contributed by atoms with van der Waals surface area (Å²) in [4.78, 5) is 12.5. The number of benzene rings is 2. The Hall–Kier alpha value is -2.55. The van der Waals surface area contributed by atoms with Crippen molar-refractivity contribution in [2.75, 3.05) is 0 Å². The van der Waals surface area contributed by atoms with E-state index in [9.17, 15) is 4.79 Å². The molecular weight excluding hydrogens is 288 g/mol. The van der Waals surface area contributed by atoms with Crippen LogP contribution in [0.3, 0.4) is 0 Å². The van der Waals surface area contributed by atoms with E-state index in [0.29, 0.717) is 16.9 Å². The zero-order valence-electron chi connectivity index (χ0n) is 13.1. The third-order valence-electron chi connectivity index (χ3n) is 5.28. The third kappa shape index (κ3) is 1.57. The molecule has 2 heterocycles. The normalized spacial score (nSPS) is 21.0. The minimum absolute atomic E-state index is 0.000888. The number of ether oxygens (including phenoxy) is 1. The first kappa shape index (κ1) is 12.9. The molecule has 1 aliphatic heterocycles. The lowest BCUT2D eigenvalue weighted by atomic mass is 9.97. The Balaban J connectivity index is 1.91. The van der Waals surface area contributed by atoms with Gasteiger partial charge in [-0.3, -0.25) is 0 Å². The molecule has 3 nitrogen and oxygen atoms in total. The molecule has 5 rings (SSSR count). The van der Waals surface area contributed by atoms with Gasteiger partial charge in [-0.15, -0.1) is 0 Å². The van der Waals surface area contributed by atoms with Gasteiger partial charge in [0.05, 0.1) is 10.9 Å². The second kappa shape index (κ2) is 4.25. The van der Waals surface area contributed by atoms with Gasteiger partial charge in [0.25, 0.3) is 0 Å². The maximum atomic E-state index is 12.5. The van der Waals surface area contributed by atoms with Crippen LogP contribution in [-0.4, -0.2) is 6.10 Å². The molecule has 2 aromatic carbocycles. The van der Waals surface area contributed by atoms with Crippen LogP contribution in [0.25, 0.3) is 22.1 Å². The Labute approximate surface area is 133 Å². The Morgan fingerprint density at radius 3 is 2.74 bits per heavy atom. The van der Waals surface area contributed by atoms with Crippen LogP contribution in [0.4, 0.5) is 0 Å². The van der Waals surface area contributed by atoms with Crippen molar-refractivity contribution < 1.29 is 9.15 Å². The molecule has 0 fully saturated rings. The summed E-state index contributed by atoms with van der Waals surface area (Å²) in [5, 5.41) is 0.909. The molecule has 114 valence electrons. The van der Waals surface area contributed by atoms with Crippen LogP contribution in [-0.2, 0) is 6.42 Å². The van der Waals surface area contributed by atoms with Crippen LogP contribution in [0.15, 0.2) is 45.6 Å². The van der Waals surface area contributed by atoms with Crippen molar-refractivity contribution in [3.63, 3.8) is 0 Å². The average Bonchev–Trinajstić information content (AvgIpc) is 3.06. The fraction of sp³-hybridized carbons (Fsp3) is 0.250. The van der Waals surface area contributed by atoms with Crippen molar-refractivity contribution in [2.24, 2.45) is 0 Å². The molecule has 0 N–H and O–H groups in total. The van der Waals surface area contributed by atoms with Crippen molar-refractivity contribution in [1.82, 2.24) is 0 Å². The number of fused-ring (bicyclic) bond motifs is 7. The zero-order chi connectivity index (χ0) is 15.7. The van der Waals surface area contributed by atoms with Crippen LogP contribution in [0.1, 0.15) is 36.5 Å². The quantitative estimate of drug-likeness (QED) is 0.456. The van der Waals surface area contributed by atoms with Gasteiger partial charge in [-0.25, -0.2) is 4.79 Å². The number of hydrogen-bond acceptors (Lipinski definition) is 3. The lowest BCUT2D eigenvalue weighted by molar-refractivity contribution is 0.234. The van der Waals surface area contributed by atoms with E-state index < -0.39 is 0 Å². The second-order valence-corrected chi connectivity index (χ2v) is 6.55. The molecule has 0 spiro atoms. The van der Waals surface area contributed by atoms with Crippen molar-refractivity contribution in [3.05, 3.63) is 63.5 Å². The van der Waals surface area contributed by atoms with E-state index in [2.05, 4.69) is 18.2 Å². The largest absolute Gasteiger partial charge is 0.489 e. The van der Waals surface area contributed by atoms with Gasteiger partial charge in [0.2, 0.25) is 0 Å². The lowest BCUT2D eigenvalue weighted by Crippen LogP contribution is -2.14. The van der Waals surface area contributed by atoms with Gasteiger partial charge in [0.15, 0.2) is 0 Å². The fourth-order valence-electron chi connectivity index (χ4n) is 3.90. The Morgan fingerprint density at radius 2 is 1.87 bits per heavy atom. The Morgan fingerprint density at radius 1 is 1.04 bits per heavy atom. The second-order valence-electron chi connectivity index (χ2n) is 6.55. The van der Waals surface area contributed by atoms with E-state index >= 15 is 0 Å². The topological polar surface area (TPSA) is 39.4 Å². The molecule has 2 atom stereocenters. The molecular formula is C20H16O3. The number of hydrogen-bond donors (Lipinski definition) is 0. The first-order valence-corrected chi connectivity index (χ1v) is 8.02. The van der Waals surface area contributed by atoms with Crippen molar-refractivity contribution in [1.29, 1.82) is 0 Å². The highest BCUT2D eigenvalue weighted by atomic mass is 16.5. The van der Waals surface area contributed by atoms with Crippen LogP contribution in [0, 0.1) is 0 Å². The van der Waals surface area contributed by atoms with Crippen molar-refractivity contribution >= 4 is 11.0 Å². The van der Waals surface area contributed by atoms with Crippen LogP contribution >= 0.6 is 0 Å². The van der Waals surface area contributed by atoms with Gasteiger partial charge in [-0.05, 0) is 36.1 Å². The minimum atomic E-state index is -0.262. The predicted molar refractivity (Wildman–Crippen MR) is 89.2 cm³/mol. The van der Waals surface area contributed by atoms with Crippen LogP contribution < -0.4 is 10.4 Å². The monoisotopic (exact) mass is 304 g/mol. The summed E-state index contributed by atoms with van der Waals surface area (Å²) in [6.45, 7) is 4.01. The summed E-state index contributed by atoms with van der Waals surface area (Å²) in [6, 6.07) is 12.5. The summed E-state index contributed by atoms with van der Waals surface area (Å²) in [6.07, 6.45) is 0.884. The highest BCUT2D eigenvalue weighted by Gasteiger charge is 2.34. The van der Waals surface area contributed by atoms with Gasteiger partial charge < -0.3 is 9.15 Å². The summed E-state index contributed by atoms with van der Waals surface area (Å²) >= 11 is 0. The molecule has 3 heteroatoms. The minimum Gasteiger partial charge on any atom is -0.489 e. The third-order valence-corrected chi connectivity index (χ3v) is 5.28. The Bertz CT molecular complexity index is 1030. The first-order chi connectivity index (χ1) is 11.1. The van der Waals surface area contributed by atoms with E-state index in [4.69, 9.17) is 9.15 Å². The molecule has 0 bridgehead atoms. The molecule has 23 heavy (non-hydrogen) atoms. The van der Waals surface area contributed by atoms with Gasteiger partial charge >= 0.3 is 5.63 Å². The van der Waals surface area contributed by atoms with E-state index in [1.807, 2.05) is 32.0 Å². The lowest BCUT2D eigenvalue weighted by Gasteiger charge is -2.09. The van der Waals surface area contributed by atoms with Crippen molar-refractivity contribution in [2.45, 2.75) is 32.3 Å². The molecule has 2 aliphatic rings. The molecule has 0 amide bonds. The first-order valence-electron chi connectivity index (χ1n) is 8.02. The zero-order valence-corrected chi connectivity index (χ0v) is 13.1. The molecule has 0 radical (unpaired) electrons. The predicted octanol–water partition coefficient (Wildman–Crippen LogP) is 4.25. The fourth-order valence-corrected chi connectivity index (χ4v) is 3.90. The number of rotatable bonds is 0. The van der Waals surface area contributed by atoms with E-state index in [1.165, 1.54) is 11.1 Å². The average molecular weight is 304 g/mol. The standard InChI is InChI=1S/C20H16O3/c1-10-11(2)22-18-15-8-7-13-9-12-5-3-4-6-14(12)17(13)19(15)23-20(21)16(10)18/h3-8,10-11H,9H2,1-2H3/t10-,11-/m0/s1. The summed E-state index contributed by atoms with van der Waals surface area (Å²) in [7, 11) is 0. The van der Waals surface area contributed by atoms with Crippen molar-refractivity contribution in [3.8, 4) is 16.9 Å². The highest BCUT2D eigenvalue weighted by Crippen LogP contribution is 2.46. The molecule has 0 unspecified atom stereocenters. The summed E-state index contributed by atoms with van der Waals surface area (Å²) < 4.78 is 11.8. The highest BCUT2D eigenvalue weighted by molar-refractivity contribution is 6.00. The van der Waals surface area contributed by atoms with Gasteiger partial charge in [0.1, 0.15) is 17.4 Å². The summed E-state index contributed by atoms with van der Waals surface area (Å²) in [5.74, 6) is 0.773. The SMILES string of the molecule is C[C@@H]1Oc2c(c(=O)oc3c4c(ccc23)Cc2ccccc2-4)[C@H]1C. The molecule has 1 aliphatic carbocycles. The maximum Gasteiger partial charge on any atom is 0.343 e. The van der Waals surface area contributed by atoms with Gasteiger partial charge in [0, 0.05) is 11.5 Å². The molecule has 3 aromatic rings. The van der Waals surface area contributed by atoms with Crippen LogP contribution in [0.2, 0.25) is 0 Å². The van der Waals surface area contributed by atoms with Gasteiger partial charge in [-0.1, -0.05) is 37.3 Å². The molecule has 0 saturated heterocycles. The molecule has 1 aromatic heterocycles. The Kier molecular flexibility index (Phi) is 2.39. The molecule has 0 saturated carbocycles. The van der Waals surface area contributed by atoms with Gasteiger partial charge in [-0.2, -0.15) is 0 Å². The van der Waals surface area contributed by atoms with Crippen LogP contribution in [0.5, 0.6) is 5.75 Å². The van der Waals surface area contributed by atoms with E-state index in [1.54, 1.807) is 0 Å².